The SMILES string of the molecule is CN(C)C(=O)[C@H](O)CNC(=O)c1ccnc(Nc2ccc3[nH]ncc3c2)c1.O=C(O)C(F)(F)F.O=C(O)C(F)(F)F. The zero-order chi connectivity index (χ0) is 31.5. The Balaban J connectivity index is 0.000000497. The standard InChI is InChI=1S/C18H20N6O3.2C2HF3O2/c1-24(2)18(27)15(25)10-20-17(26)11-5-6-19-16(8-11)22-13-3-4-14-12(7-13)9-21-23-14;2*3-2(4,5)1(6)7/h3-9,15,25H,10H2,1-2H3,(H,19,22)(H,20,26)(H,21,23);2*(H,6,7)/t15-;;/m1../s1. The smallest absolute Gasteiger partial charge is 0.475 e. The molecule has 3 rings (SSSR count). The number of carboxylic acids is 2. The summed E-state index contributed by atoms with van der Waals surface area (Å²) in [5.41, 5.74) is 2.09. The number of nitrogens with zero attached hydrogens (tertiary/aromatic N) is 3. The van der Waals surface area contributed by atoms with Crippen molar-refractivity contribution < 1.29 is 60.8 Å². The molecule has 6 N–H and O–H groups in total. The third-order valence-electron chi connectivity index (χ3n) is 4.40. The van der Waals surface area contributed by atoms with Crippen LogP contribution in [-0.4, -0.2) is 98.3 Å². The van der Waals surface area contributed by atoms with E-state index in [1.165, 1.54) is 25.2 Å². The Kier molecular flexibility index (Phi) is 12.0. The number of benzene rings is 1. The summed E-state index contributed by atoms with van der Waals surface area (Å²) in [4.78, 5) is 47.2. The summed E-state index contributed by atoms with van der Waals surface area (Å²) < 4.78 is 63.5. The van der Waals surface area contributed by atoms with Crippen LogP contribution < -0.4 is 10.6 Å². The Morgan fingerprint density at radius 2 is 1.54 bits per heavy atom. The van der Waals surface area contributed by atoms with E-state index in [1.807, 2.05) is 18.2 Å². The minimum absolute atomic E-state index is 0.169. The van der Waals surface area contributed by atoms with Gasteiger partial charge in [0.25, 0.3) is 11.8 Å². The Morgan fingerprint density at radius 1 is 0.976 bits per heavy atom. The number of aromatic amines is 1. The number of aliphatic carboxylic acids is 2. The number of H-pyrrole nitrogens is 1. The first-order valence-electron chi connectivity index (χ1n) is 10.8. The first-order chi connectivity index (χ1) is 18.8. The number of carboxylic acid groups (broad SMARTS) is 2. The number of nitrogens with one attached hydrogen (secondary N) is 3. The number of carbonyl (C=O) groups excluding carboxylic acids is 2. The van der Waals surface area contributed by atoms with E-state index in [0.717, 1.165) is 16.6 Å². The molecule has 2 amide bonds. The molecule has 0 spiro atoms. The molecule has 1 aromatic carbocycles. The summed E-state index contributed by atoms with van der Waals surface area (Å²) in [7, 11) is 3.07. The highest BCUT2D eigenvalue weighted by atomic mass is 19.4. The molecule has 3 aromatic rings. The number of carbonyl (C=O) groups is 4. The van der Waals surface area contributed by atoms with E-state index in [-0.39, 0.29) is 6.54 Å². The summed E-state index contributed by atoms with van der Waals surface area (Å²) in [6.45, 7) is -0.169. The van der Waals surface area contributed by atoms with Crippen LogP contribution in [0.4, 0.5) is 37.8 Å². The summed E-state index contributed by atoms with van der Waals surface area (Å²) in [5, 5.41) is 37.5. The van der Waals surface area contributed by atoms with Crippen molar-refractivity contribution in [2.45, 2.75) is 18.5 Å². The van der Waals surface area contributed by atoms with Gasteiger partial charge in [0, 0.05) is 36.9 Å². The Morgan fingerprint density at radius 3 is 2.05 bits per heavy atom. The predicted molar refractivity (Wildman–Crippen MR) is 128 cm³/mol. The van der Waals surface area contributed by atoms with Gasteiger partial charge in [-0.3, -0.25) is 14.7 Å². The second kappa shape index (κ2) is 14.4. The summed E-state index contributed by atoms with van der Waals surface area (Å²) in [6, 6.07) is 8.83. The molecular formula is C22H22F6N6O7. The fourth-order valence-corrected chi connectivity index (χ4v) is 2.49. The van der Waals surface area contributed by atoms with Crippen molar-refractivity contribution in [3.8, 4) is 0 Å². The van der Waals surface area contributed by atoms with Crippen LogP contribution >= 0.6 is 0 Å². The molecule has 0 aliphatic rings. The van der Waals surface area contributed by atoms with Gasteiger partial charge in [-0.1, -0.05) is 0 Å². The van der Waals surface area contributed by atoms with Gasteiger partial charge in [0.15, 0.2) is 0 Å². The molecule has 13 nitrogen and oxygen atoms in total. The third-order valence-corrected chi connectivity index (χ3v) is 4.40. The van der Waals surface area contributed by atoms with Crippen molar-refractivity contribution in [3.63, 3.8) is 0 Å². The van der Waals surface area contributed by atoms with Gasteiger partial charge in [-0.05, 0) is 30.3 Å². The number of pyridine rings is 1. The first-order valence-corrected chi connectivity index (χ1v) is 10.8. The molecule has 0 bridgehead atoms. The number of hydrogen-bond donors (Lipinski definition) is 6. The van der Waals surface area contributed by atoms with Crippen LogP contribution in [0.5, 0.6) is 0 Å². The van der Waals surface area contributed by atoms with Crippen molar-refractivity contribution in [3.05, 3.63) is 48.3 Å². The summed E-state index contributed by atoms with van der Waals surface area (Å²) in [5.74, 6) is -5.89. The monoisotopic (exact) mass is 596 g/mol. The van der Waals surface area contributed by atoms with E-state index in [9.17, 15) is 41.0 Å². The van der Waals surface area contributed by atoms with Gasteiger partial charge in [0.05, 0.1) is 18.3 Å². The number of aliphatic hydroxyl groups excluding tert-OH is 1. The number of likely N-dealkylation sites (N-methyl/N-ethyl adjacent to an activating group) is 1. The molecule has 2 aromatic heterocycles. The zero-order valence-electron chi connectivity index (χ0n) is 20.9. The molecule has 0 unspecified atom stereocenters. The highest BCUT2D eigenvalue weighted by Gasteiger charge is 2.38. The van der Waals surface area contributed by atoms with Gasteiger partial charge in [-0.2, -0.15) is 31.4 Å². The number of amides is 2. The molecule has 0 aliphatic carbocycles. The molecule has 0 aliphatic heterocycles. The van der Waals surface area contributed by atoms with Crippen LogP contribution in [-0.2, 0) is 14.4 Å². The second-order valence-corrected chi connectivity index (χ2v) is 7.79. The topological polar surface area (TPSA) is 198 Å². The van der Waals surface area contributed by atoms with Gasteiger partial charge < -0.3 is 30.9 Å². The molecule has 2 heterocycles. The van der Waals surface area contributed by atoms with E-state index in [1.54, 1.807) is 18.3 Å². The number of alkyl halides is 6. The van der Waals surface area contributed by atoms with Crippen LogP contribution in [0.3, 0.4) is 0 Å². The fourth-order valence-electron chi connectivity index (χ4n) is 2.49. The van der Waals surface area contributed by atoms with E-state index < -0.39 is 42.2 Å². The lowest BCUT2D eigenvalue weighted by Crippen LogP contribution is -2.42. The van der Waals surface area contributed by atoms with Crippen molar-refractivity contribution >= 4 is 46.2 Å². The molecular weight excluding hydrogens is 574 g/mol. The molecule has 41 heavy (non-hydrogen) atoms. The quantitative estimate of drug-likeness (QED) is 0.229. The fraction of sp³-hybridized carbons (Fsp3) is 0.273. The molecule has 19 heteroatoms. The summed E-state index contributed by atoms with van der Waals surface area (Å²) >= 11 is 0. The summed E-state index contributed by atoms with van der Waals surface area (Å²) in [6.07, 6.45) is -8.22. The van der Waals surface area contributed by atoms with Crippen LogP contribution in [0.15, 0.2) is 42.7 Å². The first kappa shape index (κ1) is 34.1. The number of aliphatic hydroxyl groups is 1. The molecule has 0 saturated heterocycles. The maximum absolute atomic E-state index is 12.3. The number of hydrogen-bond acceptors (Lipinski definition) is 8. The number of rotatable bonds is 6. The van der Waals surface area contributed by atoms with Crippen LogP contribution in [0.2, 0.25) is 0 Å². The molecule has 0 fully saturated rings. The van der Waals surface area contributed by atoms with Gasteiger partial charge in [-0.25, -0.2) is 14.6 Å². The molecule has 1 atom stereocenters. The Hall–Kier alpha value is -4.94. The van der Waals surface area contributed by atoms with E-state index in [2.05, 4.69) is 25.8 Å². The van der Waals surface area contributed by atoms with Crippen molar-refractivity contribution in [1.29, 1.82) is 0 Å². The average Bonchev–Trinajstić information content (AvgIpc) is 3.34. The van der Waals surface area contributed by atoms with Crippen molar-refractivity contribution in [2.75, 3.05) is 26.0 Å². The lowest BCUT2D eigenvalue weighted by Gasteiger charge is -2.16. The highest BCUT2D eigenvalue weighted by molar-refractivity contribution is 5.95. The number of halogens is 6. The average molecular weight is 596 g/mol. The van der Waals surface area contributed by atoms with Gasteiger partial charge in [-0.15, -0.1) is 0 Å². The Bertz CT molecular complexity index is 1340. The highest BCUT2D eigenvalue weighted by Crippen LogP contribution is 2.20. The largest absolute Gasteiger partial charge is 0.490 e. The number of fused-ring (bicyclic) bond motifs is 1. The van der Waals surface area contributed by atoms with E-state index in [0.29, 0.717) is 11.4 Å². The minimum atomic E-state index is -5.08. The third kappa shape index (κ3) is 11.8. The van der Waals surface area contributed by atoms with E-state index in [4.69, 9.17) is 19.8 Å². The van der Waals surface area contributed by atoms with Crippen molar-refractivity contribution in [2.24, 2.45) is 0 Å². The maximum atomic E-state index is 12.3. The molecule has 224 valence electrons. The van der Waals surface area contributed by atoms with Gasteiger partial charge in [0.2, 0.25) is 0 Å². The zero-order valence-corrected chi connectivity index (χ0v) is 20.9. The van der Waals surface area contributed by atoms with Gasteiger partial charge in [0.1, 0.15) is 11.9 Å². The Labute approximate surface area is 225 Å². The second-order valence-electron chi connectivity index (χ2n) is 7.79. The molecule has 0 saturated carbocycles. The minimum Gasteiger partial charge on any atom is -0.475 e. The lowest BCUT2D eigenvalue weighted by atomic mass is 10.2. The molecule has 0 radical (unpaired) electrons. The van der Waals surface area contributed by atoms with Crippen LogP contribution in [0, 0.1) is 0 Å². The number of anilines is 2. The predicted octanol–water partition coefficient (Wildman–Crippen LogP) is 2.15. The van der Waals surface area contributed by atoms with Crippen LogP contribution in [0.25, 0.3) is 10.9 Å². The van der Waals surface area contributed by atoms with Gasteiger partial charge >= 0.3 is 24.3 Å². The number of aromatic nitrogens is 3. The normalized spacial score (nSPS) is 11.6. The van der Waals surface area contributed by atoms with E-state index >= 15 is 0 Å². The lowest BCUT2D eigenvalue weighted by molar-refractivity contribution is -0.193. The van der Waals surface area contributed by atoms with Crippen molar-refractivity contribution in [1.82, 2.24) is 25.4 Å². The maximum Gasteiger partial charge on any atom is 0.490 e. The van der Waals surface area contributed by atoms with Crippen LogP contribution in [0.1, 0.15) is 10.4 Å².